The molecule has 0 heterocycles. The van der Waals surface area contributed by atoms with Crippen molar-refractivity contribution >= 4 is 17.6 Å². The van der Waals surface area contributed by atoms with Crippen molar-refractivity contribution in [3.63, 3.8) is 0 Å². The molecule has 0 radical (unpaired) electrons. The maximum Gasteiger partial charge on any atom is 0.339 e. The highest BCUT2D eigenvalue weighted by molar-refractivity contribution is 5.95. The molecular weight excluding hydrogens is 248 g/mol. The zero-order valence-corrected chi connectivity index (χ0v) is 10.7. The number of benzene rings is 1. The predicted octanol–water partition coefficient (Wildman–Crippen LogP) is 1.40. The van der Waals surface area contributed by atoms with Crippen molar-refractivity contribution in [1.29, 1.82) is 0 Å². The minimum atomic E-state index is -1.22. The Labute approximate surface area is 111 Å². The van der Waals surface area contributed by atoms with Crippen molar-refractivity contribution in [3.05, 3.63) is 23.8 Å². The Morgan fingerprint density at radius 2 is 2.11 bits per heavy atom. The van der Waals surface area contributed by atoms with Gasteiger partial charge in [-0.3, -0.25) is 4.79 Å². The van der Waals surface area contributed by atoms with Crippen LogP contribution >= 0.6 is 0 Å². The van der Waals surface area contributed by atoms with E-state index in [0.717, 1.165) is 6.42 Å². The van der Waals surface area contributed by atoms with Gasteiger partial charge in [0.15, 0.2) is 0 Å². The molecule has 6 heteroatoms. The molecule has 19 heavy (non-hydrogen) atoms. The number of phenols is 1. The predicted molar refractivity (Wildman–Crippen MR) is 71.1 cm³/mol. The van der Waals surface area contributed by atoms with E-state index in [-0.39, 0.29) is 29.7 Å². The topological polar surface area (TPSA) is 113 Å². The lowest BCUT2D eigenvalue weighted by Crippen LogP contribution is -2.29. The molecule has 1 atom stereocenters. The number of anilines is 1. The first-order valence-corrected chi connectivity index (χ1v) is 6.06. The van der Waals surface area contributed by atoms with E-state index in [1.54, 1.807) is 0 Å². The van der Waals surface area contributed by atoms with Crippen LogP contribution in [0.4, 0.5) is 5.69 Å². The van der Waals surface area contributed by atoms with Crippen molar-refractivity contribution < 1.29 is 19.8 Å². The summed E-state index contributed by atoms with van der Waals surface area (Å²) in [6.07, 6.45) is 1.53. The lowest BCUT2D eigenvalue weighted by atomic mass is 10.0. The van der Waals surface area contributed by atoms with Crippen LogP contribution in [0, 0.1) is 5.92 Å². The third-order valence-electron chi connectivity index (χ3n) is 2.79. The second-order valence-electron chi connectivity index (χ2n) is 4.25. The average Bonchev–Trinajstić information content (AvgIpc) is 2.35. The zero-order valence-electron chi connectivity index (χ0n) is 10.7. The number of carbonyl (C=O) groups is 2. The van der Waals surface area contributed by atoms with Gasteiger partial charge in [0.25, 0.3) is 0 Å². The van der Waals surface area contributed by atoms with E-state index in [2.05, 4.69) is 5.32 Å². The lowest BCUT2D eigenvalue weighted by Gasteiger charge is -2.14. The summed E-state index contributed by atoms with van der Waals surface area (Å²) in [5, 5.41) is 20.9. The first kappa shape index (κ1) is 15.0. The molecule has 0 aromatic heterocycles. The number of nitrogens with one attached hydrogen (secondary N) is 1. The fraction of sp³-hybridized carbons (Fsp3) is 0.385. The van der Waals surface area contributed by atoms with Gasteiger partial charge in [0, 0.05) is 18.3 Å². The SMILES string of the molecule is CCCC(CN)C(=O)Nc1ccc(C(=O)O)c(O)c1. The minimum Gasteiger partial charge on any atom is -0.507 e. The molecule has 1 rings (SSSR count). The van der Waals surface area contributed by atoms with E-state index in [9.17, 15) is 14.7 Å². The summed E-state index contributed by atoms with van der Waals surface area (Å²) in [7, 11) is 0. The molecule has 5 N–H and O–H groups in total. The monoisotopic (exact) mass is 266 g/mol. The molecule has 0 aliphatic rings. The molecule has 0 aliphatic heterocycles. The average molecular weight is 266 g/mol. The Morgan fingerprint density at radius 1 is 1.42 bits per heavy atom. The smallest absolute Gasteiger partial charge is 0.339 e. The zero-order chi connectivity index (χ0) is 14.4. The Morgan fingerprint density at radius 3 is 2.58 bits per heavy atom. The number of aromatic carboxylic acids is 1. The summed E-state index contributed by atoms with van der Waals surface area (Å²) in [6, 6.07) is 3.88. The third kappa shape index (κ3) is 3.96. The van der Waals surface area contributed by atoms with Crippen LogP contribution in [0.2, 0.25) is 0 Å². The number of hydrogen-bond donors (Lipinski definition) is 4. The second kappa shape index (κ2) is 6.75. The molecule has 1 unspecified atom stereocenters. The number of nitrogens with two attached hydrogens (primary N) is 1. The highest BCUT2D eigenvalue weighted by Crippen LogP contribution is 2.22. The minimum absolute atomic E-state index is 0.207. The normalized spacial score (nSPS) is 11.9. The van der Waals surface area contributed by atoms with Gasteiger partial charge in [0.1, 0.15) is 11.3 Å². The van der Waals surface area contributed by atoms with Gasteiger partial charge in [0.2, 0.25) is 5.91 Å². The van der Waals surface area contributed by atoms with E-state index in [0.29, 0.717) is 12.1 Å². The molecule has 0 bridgehead atoms. The summed E-state index contributed by atoms with van der Waals surface area (Å²) in [5.74, 6) is -2.12. The second-order valence-corrected chi connectivity index (χ2v) is 4.25. The molecule has 0 fully saturated rings. The molecule has 6 nitrogen and oxygen atoms in total. The number of hydrogen-bond acceptors (Lipinski definition) is 4. The van der Waals surface area contributed by atoms with Crippen molar-refractivity contribution in [2.45, 2.75) is 19.8 Å². The van der Waals surface area contributed by atoms with Gasteiger partial charge in [-0.2, -0.15) is 0 Å². The van der Waals surface area contributed by atoms with Gasteiger partial charge in [0.05, 0.1) is 5.92 Å². The Balaban J connectivity index is 2.80. The molecule has 0 saturated heterocycles. The van der Waals surface area contributed by atoms with Crippen molar-refractivity contribution in [2.24, 2.45) is 11.7 Å². The van der Waals surface area contributed by atoms with Crippen LogP contribution in [0.15, 0.2) is 18.2 Å². The van der Waals surface area contributed by atoms with Gasteiger partial charge in [-0.05, 0) is 18.6 Å². The number of aromatic hydroxyl groups is 1. The standard InChI is InChI=1S/C13H18N2O4/c1-2-3-8(7-14)12(17)15-9-4-5-10(13(18)19)11(16)6-9/h4-6,8,16H,2-3,7,14H2,1H3,(H,15,17)(H,18,19). The summed E-state index contributed by atoms with van der Waals surface area (Å²) >= 11 is 0. The summed E-state index contributed by atoms with van der Waals surface area (Å²) in [4.78, 5) is 22.6. The molecule has 1 aromatic rings. The molecule has 0 saturated carbocycles. The fourth-order valence-electron chi connectivity index (χ4n) is 1.74. The highest BCUT2D eigenvalue weighted by atomic mass is 16.4. The van der Waals surface area contributed by atoms with Gasteiger partial charge in [-0.15, -0.1) is 0 Å². The number of carboxylic acid groups (broad SMARTS) is 1. The quantitative estimate of drug-likeness (QED) is 0.621. The first-order chi connectivity index (χ1) is 8.99. The summed E-state index contributed by atoms with van der Waals surface area (Å²) in [6.45, 7) is 2.21. The molecular formula is C13H18N2O4. The van der Waals surface area contributed by atoms with Crippen molar-refractivity contribution in [2.75, 3.05) is 11.9 Å². The van der Waals surface area contributed by atoms with Gasteiger partial charge in [-0.25, -0.2) is 4.79 Å². The summed E-state index contributed by atoms with van der Waals surface area (Å²) < 4.78 is 0. The number of carboxylic acids is 1. The largest absolute Gasteiger partial charge is 0.507 e. The number of rotatable bonds is 6. The van der Waals surface area contributed by atoms with Crippen molar-refractivity contribution in [1.82, 2.24) is 0 Å². The molecule has 0 spiro atoms. The maximum absolute atomic E-state index is 11.9. The van der Waals surface area contributed by atoms with Crippen LogP contribution < -0.4 is 11.1 Å². The van der Waals surface area contributed by atoms with E-state index < -0.39 is 5.97 Å². The molecule has 1 amide bonds. The van der Waals surface area contributed by atoms with Crippen LogP contribution in [0.5, 0.6) is 5.75 Å². The van der Waals surface area contributed by atoms with Crippen LogP contribution in [-0.4, -0.2) is 28.6 Å². The lowest BCUT2D eigenvalue weighted by molar-refractivity contribution is -0.119. The van der Waals surface area contributed by atoms with Gasteiger partial charge in [-0.1, -0.05) is 13.3 Å². The van der Waals surface area contributed by atoms with Crippen LogP contribution in [0.25, 0.3) is 0 Å². The van der Waals surface area contributed by atoms with E-state index in [1.165, 1.54) is 18.2 Å². The Kier molecular flexibility index (Phi) is 5.32. The maximum atomic E-state index is 11.9. The van der Waals surface area contributed by atoms with Crippen LogP contribution in [-0.2, 0) is 4.79 Å². The third-order valence-corrected chi connectivity index (χ3v) is 2.79. The van der Waals surface area contributed by atoms with Gasteiger partial charge >= 0.3 is 5.97 Å². The fourth-order valence-corrected chi connectivity index (χ4v) is 1.74. The molecule has 0 aliphatic carbocycles. The van der Waals surface area contributed by atoms with E-state index in [1.807, 2.05) is 6.92 Å². The van der Waals surface area contributed by atoms with E-state index in [4.69, 9.17) is 10.8 Å². The number of carbonyl (C=O) groups excluding carboxylic acids is 1. The Bertz CT molecular complexity index is 474. The van der Waals surface area contributed by atoms with Crippen LogP contribution in [0.1, 0.15) is 30.1 Å². The summed E-state index contributed by atoms with van der Waals surface area (Å²) in [5.41, 5.74) is 5.66. The number of amides is 1. The Hall–Kier alpha value is -2.08. The van der Waals surface area contributed by atoms with Gasteiger partial charge < -0.3 is 21.3 Å². The first-order valence-electron chi connectivity index (χ1n) is 6.06. The highest BCUT2D eigenvalue weighted by Gasteiger charge is 2.17. The molecule has 1 aromatic carbocycles. The van der Waals surface area contributed by atoms with E-state index >= 15 is 0 Å². The van der Waals surface area contributed by atoms with Crippen molar-refractivity contribution in [3.8, 4) is 5.75 Å². The molecule has 104 valence electrons. The van der Waals surface area contributed by atoms with Crippen LogP contribution in [0.3, 0.4) is 0 Å².